The maximum Gasteiger partial charge on any atom is 0.338 e. The van der Waals surface area contributed by atoms with Crippen LogP contribution >= 0.6 is 34.8 Å². The van der Waals surface area contributed by atoms with Gasteiger partial charge in [0.1, 0.15) is 18.6 Å². The van der Waals surface area contributed by atoms with Gasteiger partial charge in [-0.1, -0.05) is 75.4 Å². The molecule has 0 fully saturated rings. The Morgan fingerprint density at radius 1 is 0.881 bits per heavy atom. The zero-order valence-corrected chi connectivity index (χ0v) is 25.5. The minimum atomic E-state index is -4.85. The molecule has 0 aliphatic rings. The first-order chi connectivity index (χ1) is 19.8. The lowest BCUT2D eigenvalue weighted by Crippen LogP contribution is -2.45. The topological polar surface area (TPSA) is 118 Å². The van der Waals surface area contributed by atoms with Crippen LogP contribution < -0.4 is 0 Å². The number of carbonyl (C=O) groups excluding carboxylic acids is 2. The summed E-state index contributed by atoms with van der Waals surface area (Å²) in [4.78, 5) is 29.6. The molecule has 0 bridgehead atoms. The van der Waals surface area contributed by atoms with Crippen LogP contribution in [-0.2, 0) is 28.6 Å². The highest BCUT2D eigenvalue weighted by Crippen LogP contribution is 2.33. The van der Waals surface area contributed by atoms with Crippen molar-refractivity contribution in [2.45, 2.75) is 37.1 Å². The second kappa shape index (κ2) is 14.8. The fraction of sp³-hybridized carbons (Fsp3) is 0.250. The molecule has 0 saturated heterocycles. The van der Waals surface area contributed by atoms with E-state index in [2.05, 4.69) is 9.99 Å². The number of carbonyl (C=O) groups is 2. The first-order valence-electron chi connectivity index (χ1n) is 12.1. The number of benzene rings is 3. The Kier molecular flexibility index (Phi) is 11.7. The van der Waals surface area contributed by atoms with Crippen molar-refractivity contribution in [3.05, 3.63) is 98.0 Å². The predicted molar refractivity (Wildman–Crippen MR) is 156 cm³/mol. The van der Waals surface area contributed by atoms with E-state index >= 15 is 4.39 Å². The number of aryl methyl sites for hydroxylation is 2. The van der Waals surface area contributed by atoms with Crippen molar-refractivity contribution < 1.29 is 40.9 Å². The Bertz CT molecular complexity index is 1550. The Labute approximate surface area is 257 Å². The number of oxime groups is 1. The van der Waals surface area contributed by atoms with Crippen molar-refractivity contribution in [1.82, 2.24) is 0 Å². The highest BCUT2D eigenvalue weighted by atomic mass is 35.5. The largest absolute Gasteiger partial charge is 0.459 e. The van der Waals surface area contributed by atoms with E-state index in [1.165, 1.54) is 24.3 Å². The number of ether oxygens (including phenoxy) is 2. The van der Waals surface area contributed by atoms with Crippen LogP contribution in [0.25, 0.3) is 0 Å². The molecule has 3 aromatic rings. The third kappa shape index (κ3) is 8.89. The van der Waals surface area contributed by atoms with E-state index in [1.54, 1.807) is 31.2 Å². The fourth-order valence-corrected chi connectivity index (χ4v) is 5.50. The standard InChI is InChI=1S/C28H25Cl3FNO8S/c1-16-4-8-18(9-5-16)27(34)39-15-24(41-42(36,37)25-13-21(30)20(29)12-22(25)31)26(23(32)14-33-38-3)40-28(35)19-10-6-17(2)7-11-19/h4-14,23-24,26H,15H2,1-3H3. The minimum absolute atomic E-state index is 0.0336. The van der Waals surface area contributed by atoms with Crippen molar-refractivity contribution in [3.8, 4) is 0 Å². The molecule has 9 nitrogen and oxygen atoms in total. The van der Waals surface area contributed by atoms with Crippen molar-refractivity contribution in [2.24, 2.45) is 5.16 Å². The normalized spacial score (nSPS) is 13.8. The van der Waals surface area contributed by atoms with E-state index in [1.807, 2.05) is 6.92 Å². The van der Waals surface area contributed by atoms with Crippen molar-refractivity contribution >= 4 is 63.1 Å². The highest BCUT2D eigenvalue weighted by molar-refractivity contribution is 7.87. The Morgan fingerprint density at radius 3 is 1.95 bits per heavy atom. The summed E-state index contributed by atoms with van der Waals surface area (Å²) < 4.78 is 58.2. The summed E-state index contributed by atoms with van der Waals surface area (Å²) in [6, 6.07) is 14.4. The number of rotatable bonds is 12. The van der Waals surface area contributed by atoms with Crippen LogP contribution in [0.2, 0.25) is 15.1 Å². The minimum Gasteiger partial charge on any atom is -0.459 e. The van der Waals surface area contributed by atoms with Gasteiger partial charge in [-0.15, -0.1) is 0 Å². The van der Waals surface area contributed by atoms with E-state index < -0.39 is 51.9 Å². The molecule has 14 heteroatoms. The molecular weight excluding hydrogens is 636 g/mol. The number of nitrogens with zero attached hydrogens (tertiary/aromatic N) is 1. The summed E-state index contributed by atoms with van der Waals surface area (Å²) in [5.41, 5.74) is 1.87. The molecule has 0 aliphatic heterocycles. The second-order valence-electron chi connectivity index (χ2n) is 8.87. The highest BCUT2D eigenvalue weighted by Gasteiger charge is 2.39. The van der Waals surface area contributed by atoms with Gasteiger partial charge < -0.3 is 14.3 Å². The summed E-state index contributed by atoms with van der Waals surface area (Å²) >= 11 is 18.0. The zero-order valence-electron chi connectivity index (χ0n) is 22.4. The summed E-state index contributed by atoms with van der Waals surface area (Å²) in [5, 5.41) is 2.80. The van der Waals surface area contributed by atoms with Crippen molar-refractivity contribution in [2.75, 3.05) is 13.7 Å². The Morgan fingerprint density at radius 2 is 1.40 bits per heavy atom. The van der Waals surface area contributed by atoms with E-state index in [9.17, 15) is 18.0 Å². The van der Waals surface area contributed by atoms with Gasteiger partial charge in [-0.2, -0.15) is 8.42 Å². The molecule has 0 saturated carbocycles. The summed E-state index contributed by atoms with van der Waals surface area (Å²) in [6.07, 6.45) is -5.62. The number of esters is 2. The number of alkyl halides is 1. The van der Waals surface area contributed by atoms with E-state index in [0.717, 1.165) is 30.4 Å². The lowest BCUT2D eigenvalue weighted by molar-refractivity contribution is -0.0478. The van der Waals surface area contributed by atoms with Gasteiger partial charge in [0, 0.05) is 0 Å². The van der Waals surface area contributed by atoms with Crippen LogP contribution in [-0.4, -0.2) is 58.7 Å². The molecule has 224 valence electrons. The Balaban J connectivity index is 2.02. The van der Waals surface area contributed by atoms with Crippen LogP contribution in [0, 0.1) is 13.8 Å². The van der Waals surface area contributed by atoms with Gasteiger partial charge in [0.2, 0.25) is 0 Å². The van der Waals surface area contributed by atoms with Crippen LogP contribution in [0.3, 0.4) is 0 Å². The molecule has 0 aliphatic carbocycles. The van der Waals surface area contributed by atoms with E-state index in [-0.39, 0.29) is 26.2 Å². The van der Waals surface area contributed by atoms with Gasteiger partial charge in [-0.05, 0) is 50.2 Å². The monoisotopic (exact) mass is 659 g/mol. The Hall–Kier alpha value is -3.22. The number of halogens is 4. The maximum absolute atomic E-state index is 15.5. The van der Waals surface area contributed by atoms with Gasteiger partial charge >= 0.3 is 11.9 Å². The molecule has 3 atom stereocenters. The van der Waals surface area contributed by atoms with Crippen molar-refractivity contribution in [1.29, 1.82) is 0 Å². The molecule has 0 spiro atoms. The molecule has 0 aromatic heterocycles. The smallest absolute Gasteiger partial charge is 0.338 e. The predicted octanol–water partition coefficient (Wildman–Crippen LogP) is 6.39. The third-order valence-corrected chi connectivity index (χ3v) is 8.20. The van der Waals surface area contributed by atoms with Crippen LogP contribution in [0.4, 0.5) is 4.39 Å². The first kappa shape index (κ1) is 33.3. The number of hydrogen-bond donors (Lipinski definition) is 0. The molecule has 42 heavy (non-hydrogen) atoms. The second-order valence-corrected chi connectivity index (χ2v) is 11.6. The molecule has 0 N–H and O–H groups in total. The van der Waals surface area contributed by atoms with Gasteiger partial charge in [-0.3, -0.25) is 4.18 Å². The SMILES string of the molecule is CON=CC(F)C(OC(=O)c1ccc(C)cc1)C(COC(=O)c1ccc(C)cc1)OS(=O)(=O)c1cc(Cl)c(Cl)cc1Cl. The summed E-state index contributed by atoms with van der Waals surface area (Å²) in [5.74, 6) is -1.89. The molecule has 3 unspecified atom stereocenters. The zero-order chi connectivity index (χ0) is 31.0. The van der Waals surface area contributed by atoms with Gasteiger partial charge in [-0.25, -0.2) is 14.0 Å². The molecule has 3 rings (SSSR count). The average molecular weight is 661 g/mol. The average Bonchev–Trinajstić information content (AvgIpc) is 2.95. The van der Waals surface area contributed by atoms with Crippen LogP contribution in [0.5, 0.6) is 0 Å². The van der Waals surface area contributed by atoms with E-state index in [4.69, 9.17) is 48.5 Å². The quantitative estimate of drug-likeness (QED) is 0.0721. The van der Waals surface area contributed by atoms with Gasteiger partial charge in [0.05, 0.1) is 32.4 Å². The molecule has 0 amide bonds. The lowest BCUT2D eigenvalue weighted by atomic mass is 10.1. The molecule has 3 aromatic carbocycles. The maximum atomic E-state index is 15.5. The lowest BCUT2D eigenvalue weighted by Gasteiger charge is -2.27. The molecule has 0 heterocycles. The fourth-order valence-electron chi connectivity index (χ4n) is 3.45. The van der Waals surface area contributed by atoms with Gasteiger partial charge in [0.15, 0.2) is 18.4 Å². The van der Waals surface area contributed by atoms with Crippen LogP contribution in [0.1, 0.15) is 31.8 Å². The molecular formula is C28H25Cl3FNO8S. The summed E-state index contributed by atoms with van der Waals surface area (Å²) in [6.45, 7) is 2.73. The molecule has 0 radical (unpaired) electrons. The third-order valence-electron chi connectivity index (χ3n) is 5.68. The first-order valence-corrected chi connectivity index (χ1v) is 14.7. The van der Waals surface area contributed by atoms with Crippen LogP contribution in [0.15, 0.2) is 70.7 Å². The van der Waals surface area contributed by atoms with Gasteiger partial charge in [0.25, 0.3) is 10.1 Å². The number of hydrogen-bond acceptors (Lipinski definition) is 9. The van der Waals surface area contributed by atoms with E-state index in [0.29, 0.717) is 6.21 Å². The summed E-state index contributed by atoms with van der Waals surface area (Å²) in [7, 11) is -3.71. The van der Waals surface area contributed by atoms with Crippen molar-refractivity contribution in [3.63, 3.8) is 0 Å².